The largest absolute Gasteiger partial charge is 0.386 e. The molecule has 0 aromatic carbocycles. The van der Waals surface area contributed by atoms with Crippen molar-refractivity contribution in [3.05, 3.63) is 0 Å². The molecule has 0 spiro atoms. The van der Waals surface area contributed by atoms with Gasteiger partial charge in [0.15, 0.2) is 0 Å². The molecule has 4 N–H and O–H groups in total. The zero-order valence-electron chi connectivity index (χ0n) is 9.79. The molecular weight excluding hydrogens is 214 g/mol. The number of hydrogen-bond acceptors (Lipinski definition) is 3. The van der Waals surface area contributed by atoms with E-state index in [0.29, 0.717) is 6.42 Å². The number of sulfonamides is 1. The van der Waals surface area contributed by atoms with Gasteiger partial charge in [-0.05, 0) is 18.8 Å². The fraction of sp³-hybridized carbons (Fsp3) is 0.889. The Morgan fingerprint density at radius 2 is 1.93 bits per heavy atom. The van der Waals surface area contributed by atoms with Gasteiger partial charge in [0.25, 0.3) is 0 Å². The van der Waals surface area contributed by atoms with Crippen molar-refractivity contribution in [2.24, 2.45) is 11.1 Å². The summed E-state index contributed by atoms with van der Waals surface area (Å²) in [5, 5.41) is 7.09. The van der Waals surface area contributed by atoms with Crippen LogP contribution in [0.3, 0.4) is 0 Å². The monoisotopic (exact) mass is 235 g/mol. The van der Waals surface area contributed by atoms with Gasteiger partial charge in [0.1, 0.15) is 5.84 Å². The molecule has 1 atom stereocenters. The molecular formula is C9H21N3O2S. The van der Waals surface area contributed by atoms with Crippen LogP contribution in [0.4, 0.5) is 0 Å². The van der Waals surface area contributed by atoms with Crippen molar-refractivity contribution in [2.75, 3.05) is 5.75 Å². The maximum atomic E-state index is 11.5. The van der Waals surface area contributed by atoms with Crippen molar-refractivity contribution in [1.29, 1.82) is 5.41 Å². The lowest BCUT2D eigenvalue weighted by atomic mass is 9.94. The van der Waals surface area contributed by atoms with Crippen LogP contribution in [-0.4, -0.2) is 26.0 Å². The van der Waals surface area contributed by atoms with E-state index >= 15 is 0 Å². The first-order valence-electron chi connectivity index (χ1n) is 4.87. The summed E-state index contributed by atoms with van der Waals surface area (Å²) in [6.45, 7) is 7.50. The third-order valence-corrected chi connectivity index (χ3v) is 3.40. The number of rotatable bonds is 5. The van der Waals surface area contributed by atoms with E-state index in [1.54, 1.807) is 6.92 Å². The Morgan fingerprint density at radius 1 is 1.47 bits per heavy atom. The van der Waals surface area contributed by atoms with Crippen LogP contribution in [0, 0.1) is 10.8 Å². The summed E-state index contributed by atoms with van der Waals surface area (Å²) in [4.78, 5) is 0. The molecule has 90 valence electrons. The Balaban J connectivity index is 4.27. The van der Waals surface area contributed by atoms with Crippen molar-refractivity contribution < 1.29 is 8.42 Å². The predicted octanol–water partition coefficient (Wildman–Crippen LogP) is 0.666. The standard InChI is InChI=1S/C9H21N3O2S/c1-7(8(10)11)12-15(13,14)6-5-9(2,3)4/h7,12H,5-6H2,1-4H3,(H3,10,11). The van der Waals surface area contributed by atoms with E-state index in [9.17, 15) is 8.42 Å². The minimum atomic E-state index is -3.33. The van der Waals surface area contributed by atoms with Crippen LogP contribution in [0.5, 0.6) is 0 Å². The third kappa shape index (κ3) is 7.33. The molecule has 0 saturated heterocycles. The third-order valence-electron chi connectivity index (χ3n) is 1.94. The summed E-state index contributed by atoms with van der Waals surface area (Å²) in [5.41, 5.74) is 5.16. The molecule has 15 heavy (non-hydrogen) atoms. The maximum absolute atomic E-state index is 11.5. The second kappa shape index (κ2) is 4.94. The maximum Gasteiger partial charge on any atom is 0.212 e. The molecule has 0 fully saturated rings. The highest BCUT2D eigenvalue weighted by molar-refractivity contribution is 7.89. The number of amidine groups is 1. The molecule has 0 rings (SSSR count). The molecule has 0 saturated carbocycles. The highest BCUT2D eigenvalue weighted by Crippen LogP contribution is 2.18. The van der Waals surface area contributed by atoms with E-state index in [0.717, 1.165) is 0 Å². The highest BCUT2D eigenvalue weighted by atomic mass is 32.2. The lowest BCUT2D eigenvalue weighted by Crippen LogP contribution is -2.43. The van der Waals surface area contributed by atoms with E-state index in [1.807, 2.05) is 20.8 Å². The minimum absolute atomic E-state index is 0.0196. The second-order valence-corrected chi connectivity index (χ2v) is 6.80. The van der Waals surface area contributed by atoms with Gasteiger partial charge in [0.05, 0.1) is 11.8 Å². The first kappa shape index (κ1) is 14.4. The molecule has 0 aromatic heterocycles. The van der Waals surface area contributed by atoms with E-state index < -0.39 is 16.1 Å². The van der Waals surface area contributed by atoms with Gasteiger partial charge in [-0.3, -0.25) is 5.41 Å². The Labute approximate surface area is 92.0 Å². The Morgan fingerprint density at radius 3 is 2.27 bits per heavy atom. The molecule has 0 aromatic rings. The Hall–Kier alpha value is -0.620. The van der Waals surface area contributed by atoms with Crippen molar-refractivity contribution in [3.63, 3.8) is 0 Å². The van der Waals surface area contributed by atoms with Gasteiger partial charge in [-0.15, -0.1) is 0 Å². The average molecular weight is 235 g/mol. The zero-order chi connectivity index (χ0) is 12.3. The molecule has 0 heterocycles. The zero-order valence-corrected chi connectivity index (χ0v) is 10.6. The summed E-state index contributed by atoms with van der Waals surface area (Å²) < 4.78 is 25.4. The smallest absolute Gasteiger partial charge is 0.212 e. The van der Waals surface area contributed by atoms with Crippen LogP contribution >= 0.6 is 0 Å². The first-order valence-corrected chi connectivity index (χ1v) is 6.53. The molecule has 0 aliphatic rings. The first-order chi connectivity index (χ1) is 6.53. The van der Waals surface area contributed by atoms with Crippen LogP contribution < -0.4 is 10.5 Å². The molecule has 0 aliphatic carbocycles. The summed E-state index contributed by atoms with van der Waals surface area (Å²) in [6.07, 6.45) is 0.576. The van der Waals surface area contributed by atoms with Crippen molar-refractivity contribution in [2.45, 2.75) is 40.2 Å². The van der Waals surface area contributed by atoms with Gasteiger partial charge in [-0.25, -0.2) is 13.1 Å². The molecule has 6 heteroatoms. The van der Waals surface area contributed by atoms with Gasteiger partial charge in [0.2, 0.25) is 10.0 Å². The van der Waals surface area contributed by atoms with Crippen LogP contribution in [0.1, 0.15) is 34.1 Å². The summed E-state index contributed by atoms with van der Waals surface area (Å²) in [6, 6.07) is -0.630. The van der Waals surface area contributed by atoms with E-state index in [4.69, 9.17) is 11.1 Å². The lowest BCUT2D eigenvalue weighted by Gasteiger charge is -2.19. The van der Waals surface area contributed by atoms with Gasteiger partial charge in [-0.1, -0.05) is 20.8 Å². The Kier molecular flexibility index (Phi) is 4.73. The highest BCUT2D eigenvalue weighted by Gasteiger charge is 2.19. The average Bonchev–Trinajstić information content (AvgIpc) is 1.99. The molecule has 0 amide bonds. The van der Waals surface area contributed by atoms with E-state index in [2.05, 4.69) is 4.72 Å². The second-order valence-electron chi connectivity index (χ2n) is 4.92. The summed E-state index contributed by atoms with van der Waals surface area (Å²) in [5.74, 6) is -0.108. The van der Waals surface area contributed by atoms with Crippen LogP contribution in [-0.2, 0) is 10.0 Å². The quantitative estimate of drug-likeness (QED) is 0.482. The fourth-order valence-corrected chi connectivity index (χ4v) is 2.50. The minimum Gasteiger partial charge on any atom is -0.386 e. The topological polar surface area (TPSA) is 96.0 Å². The van der Waals surface area contributed by atoms with Crippen LogP contribution in [0.15, 0.2) is 0 Å². The van der Waals surface area contributed by atoms with Gasteiger partial charge in [-0.2, -0.15) is 0 Å². The predicted molar refractivity (Wildman–Crippen MR) is 62.4 cm³/mol. The molecule has 5 nitrogen and oxygen atoms in total. The number of nitrogens with two attached hydrogens (primary N) is 1. The Bertz CT molecular complexity index is 317. The summed E-state index contributed by atoms with van der Waals surface area (Å²) >= 11 is 0. The molecule has 0 radical (unpaired) electrons. The van der Waals surface area contributed by atoms with Crippen molar-refractivity contribution in [3.8, 4) is 0 Å². The van der Waals surface area contributed by atoms with Gasteiger partial charge in [0, 0.05) is 0 Å². The van der Waals surface area contributed by atoms with Gasteiger partial charge < -0.3 is 5.73 Å². The van der Waals surface area contributed by atoms with Crippen molar-refractivity contribution >= 4 is 15.9 Å². The van der Waals surface area contributed by atoms with Crippen LogP contribution in [0.25, 0.3) is 0 Å². The molecule has 0 aliphatic heterocycles. The summed E-state index contributed by atoms with van der Waals surface area (Å²) in [7, 11) is -3.33. The SMILES string of the molecule is CC(NS(=O)(=O)CCC(C)(C)C)C(=N)N. The van der Waals surface area contributed by atoms with Crippen LogP contribution in [0.2, 0.25) is 0 Å². The fourth-order valence-electron chi connectivity index (χ4n) is 0.832. The van der Waals surface area contributed by atoms with E-state index in [1.165, 1.54) is 0 Å². The molecule has 1 unspecified atom stereocenters. The van der Waals surface area contributed by atoms with Crippen molar-refractivity contribution in [1.82, 2.24) is 4.72 Å². The number of hydrogen-bond donors (Lipinski definition) is 3. The lowest BCUT2D eigenvalue weighted by molar-refractivity contribution is 0.396. The van der Waals surface area contributed by atoms with E-state index in [-0.39, 0.29) is 17.0 Å². The normalized spacial score (nSPS) is 14.9. The number of nitrogens with one attached hydrogen (secondary N) is 2. The van der Waals surface area contributed by atoms with Gasteiger partial charge >= 0.3 is 0 Å². The molecule has 0 bridgehead atoms.